The highest BCUT2D eigenvalue weighted by Gasteiger charge is 2.13. The fourth-order valence-electron chi connectivity index (χ4n) is 3.02. The van der Waals surface area contributed by atoms with Crippen molar-refractivity contribution in [2.45, 2.75) is 26.7 Å². The van der Waals surface area contributed by atoms with E-state index in [4.69, 9.17) is 0 Å². The van der Waals surface area contributed by atoms with Gasteiger partial charge < -0.3 is 0 Å². The molecule has 0 saturated carbocycles. The maximum absolute atomic E-state index is 3.51. The quantitative estimate of drug-likeness (QED) is 0.545. The minimum atomic E-state index is 1.08. The molecule has 0 aliphatic rings. The van der Waals surface area contributed by atoms with Crippen molar-refractivity contribution in [3.63, 3.8) is 0 Å². The van der Waals surface area contributed by atoms with Crippen LogP contribution in [0, 0.1) is 13.0 Å². The zero-order valence-electron chi connectivity index (χ0n) is 13.3. The maximum atomic E-state index is 3.51. The molecule has 0 nitrogen and oxygen atoms in total. The lowest BCUT2D eigenvalue weighted by molar-refractivity contribution is 0.912. The topological polar surface area (TPSA) is 0 Å². The molecule has 0 N–H and O–H groups in total. The van der Waals surface area contributed by atoms with Crippen molar-refractivity contribution in [2.24, 2.45) is 0 Å². The third-order valence-corrected chi connectivity index (χ3v) is 4.13. The first-order valence-electron chi connectivity index (χ1n) is 7.96. The van der Waals surface area contributed by atoms with Crippen molar-refractivity contribution in [3.8, 4) is 22.3 Å². The van der Waals surface area contributed by atoms with Crippen molar-refractivity contribution in [3.05, 3.63) is 83.9 Å². The minimum Gasteiger partial charge on any atom is -0.0651 e. The van der Waals surface area contributed by atoms with Crippen LogP contribution in [0.1, 0.15) is 24.5 Å². The molecule has 3 rings (SSSR count). The molecular formula is C22H21. The zero-order chi connectivity index (χ0) is 15.4. The molecule has 0 bridgehead atoms. The maximum Gasteiger partial charge on any atom is -0.00729 e. The number of hydrogen-bond donors (Lipinski definition) is 0. The van der Waals surface area contributed by atoms with Gasteiger partial charge in [0.05, 0.1) is 0 Å². The Bertz CT molecular complexity index is 740. The van der Waals surface area contributed by atoms with E-state index in [0.29, 0.717) is 0 Å². The molecule has 109 valence electrons. The van der Waals surface area contributed by atoms with E-state index in [1.807, 2.05) is 0 Å². The lowest BCUT2D eigenvalue weighted by Gasteiger charge is -2.17. The first-order valence-corrected chi connectivity index (χ1v) is 7.96. The molecule has 0 unspecified atom stereocenters. The van der Waals surface area contributed by atoms with Gasteiger partial charge in [-0.25, -0.2) is 0 Å². The summed E-state index contributed by atoms with van der Waals surface area (Å²) >= 11 is 0. The molecule has 0 heterocycles. The van der Waals surface area contributed by atoms with Crippen LogP contribution in [0.4, 0.5) is 0 Å². The van der Waals surface area contributed by atoms with Gasteiger partial charge in [0.1, 0.15) is 0 Å². The van der Waals surface area contributed by atoms with Crippen molar-refractivity contribution in [1.82, 2.24) is 0 Å². The molecule has 3 aromatic carbocycles. The highest BCUT2D eigenvalue weighted by Crippen LogP contribution is 2.36. The largest absolute Gasteiger partial charge is 0.0651 e. The summed E-state index contributed by atoms with van der Waals surface area (Å²) in [6.45, 7) is 4.46. The molecule has 0 spiro atoms. The second-order valence-corrected chi connectivity index (χ2v) is 5.66. The van der Waals surface area contributed by atoms with Crippen molar-refractivity contribution >= 4 is 0 Å². The molecule has 0 heteroatoms. The molecule has 3 aromatic rings. The average Bonchev–Trinajstić information content (AvgIpc) is 2.58. The molecular weight excluding hydrogens is 264 g/mol. The second-order valence-electron chi connectivity index (χ2n) is 5.66. The van der Waals surface area contributed by atoms with Gasteiger partial charge >= 0.3 is 0 Å². The van der Waals surface area contributed by atoms with Crippen LogP contribution in [-0.2, 0) is 6.42 Å². The van der Waals surface area contributed by atoms with E-state index in [1.165, 1.54) is 33.4 Å². The van der Waals surface area contributed by atoms with E-state index in [0.717, 1.165) is 12.8 Å². The minimum absolute atomic E-state index is 1.08. The predicted octanol–water partition coefficient (Wildman–Crippen LogP) is 6.08. The number of aryl methyl sites for hydroxylation is 1. The monoisotopic (exact) mass is 285 g/mol. The summed E-state index contributed by atoms with van der Waals surface area (Å²) in [5.41, 5.74) is 7.84. The van der Waals surface area contributed by atoms with E-state index < -0.39 is 0 Å². The molecule has 0 amide bonds. The summed E-state index contributed by atoms with van der Waals surface area (Å²) in [6, 6.07) is 27.0. The van der Waals surface area contributed by atoms with Crippen molar-refractivity contribution in [2.75, 3.05) is 0 Å². The van der Waals surface area contributed by atoms with Gasteiger partial charge in [0, 0.05) is 0 Å². The third kappa shape index (κ3) is 2.82. The Morgan fingerprint density at radius 3 is 2.00 bits per heavy atom. The highest BCUT2D eigenvalue weighted by atomic mass is 14.2. The fourth-order valence-corrected chi connectivity index (χ4v) is 3.02. The van der Waals surface area contributed by atoms with Crippen LogP contribution in [0.5, 0.6) is 0 Å². The van der Waals surface area contributed by atoms with E-state index >= 15 is 0 Å². The van der Waals surface area contributed by atoms with Crippen LogP contribution in [0.25, 0.3) is 22.3 Å². The van der Waals surface area contributed by atoms with Gasteiger partial charge in [-0.2, -0.15) is 0 Å². The van der Waals surface area contributed by atoms with E-state index in [1.54, 1.807) is 0 Å². The Morgan fingerprint density at radius 1 is 0.818 bits per heavy atom. The lowest BCUT2D eigenvalue weighted by atomic mass is 9.87. The van der Waals surface area contributed by atoms with Crippen LogP contribution in [0.15, 0.2) is 66.7 Å². The Labute approximate surface area is 133 Å². The standard InChI is InChI=1S/C22H21/c1-3-10-18-15-16-21(19-11-6-4-7-12-19)22(17(18)2)20-13-8-5-9-14-20/h4-9,11-14,16H,3,10H2,1-2H3. The number of rotatable bonds is 4. The molecule has 1 radical (unpaired) electrons. The van der Waals surface area contributed by atoms with Gasteiger partial charge in [0.25, 0.3) is 0 Å². The van der Waals surface area contributed by atoms with Crippen molar-refractivity contribution in [1.29, 1.82) is 0 Å². The fraction of sp³-hybridized carbons (Fsp3) is 0.182. The second kappa shape index (κ2) is 6.62. The molecule has 0 aromatic heterocycles. The Morgan fingerprint density at radius 2 is 1.41 bits per heavy atom. The smallest absolute Gasteiger partial charge is 0.00729 e. The molecule has 0 aliphatic carbocycles. The van der Waals surface area contributed by atoms with E-state index in [2.05, 4.69) is 86.6 Å². The van der Waals surface area contributed by atoms with Crippen LogP contribution in [-0.4, -0.2) is 0 Å². The molecule has 0 aliphatic heterocycles. The highest BCUT2D eigenvalue weighted by molar-refractivity contribution is 5.86. The first-order chi connectivity index (χ1) is 10.8. The Balaban J connectivity index is 2.24. The van der Waals surface area contributed by atoms with E-state index in [-0.39, 0.29) is 0 Å². The summed E-state index contributed by atoms with van der Waals surface area (Å²) in [5.74, 6) is 0. The number of benzene rings is 3. The summed E-state index contributed by atoms with van der Waals surface area (Å²) in [7, 11) is 0. The molecule has 0 atom stereocenters. The Hall–Kier alpha value is -2.34. The van der Waals surface area contributed by atoms with Crippen molar-refractivity contribution < 1.29 is 0 Å². The van der Waals surface area contributed by atoms with Crippen LogP contribution in [0.2, 0.25) is 0 Å². The van der Waals surface area contributed by atoms with Gasteiger partial charge in [-0.05, 0) is 58.9 Å². The first kappa shape index (κ1) is 14.6. The normalized spacial score (nSPS) is 10.6. The van der Waals surface area contributed by atoms with Gasteiger partial charge in [-0.1, -0.05) is 74.0 Å². The summed E-state index contributed by atoms with van der Waals surface area (Å²) in [4.78, 5) is 0. The van der Waals surface area contributed by atoms with Crippen LogP contribution >= 0.6 is 0 Å². The van der Waals surface area contributed by atoms with E-state index in [9.17, 15) is 0 Å². The summed E-state index contributed by atoms with van der Waals surface area (Å²) in [6.07, 6.45) is 2.23. The molecule has 0 fully saturated rings. The number of hydrogen-bond acceptors (Lipinski definition) is 0. The average molecular weight is 285 g/mol. The predicted molar refractivity (Wildman–Crippen MR) is 94.9 cm³/mol. The van der Waals surface area contributed by atoms with Crippen LogP contribution < -0.4 is 0 Å². The lowest BCUT2D eigenvalue weighted by Crippen LogP contribution is -1.96. The third-order valence-electron chi connectivity index (χ3n) is 4.13. The van der Waals surface area contributed by atoms with Gasteiger partial charge in [-0.15, -0.1) is 0 Å². The summed E-state index contributed by atoms with van der Waals surface area (Å²) < 4.78 is 0. The SMILES string of the molecule is CCCc1[c]cc(-c2ccccc2)c(-c2ccccc2)c1C. The van der Waals surface area contributed by atoms with Gasteiger partial charge in [0.2, 0.25) is 0 Å². The van der Waals surface area contributed by atoms with Crippen LogP contribution in [0.3, 0.4) is 0 Å². The summed E-state index contributed by atoms with van der Waals surface area (Å²) in [5, 5.41) is 0. The molecule has 0 saturated heterocycles. The molecule has 22 heavy (non-hydrogen) atoms. The zero-order valence-corrected chi connectivity index (χ0v) is 13.3. The van der Waals surface area contributed by atoms with Gasteiger partial charge in [-0.3, -0.25) is 0 Å². The van der Waals surface area contributed by atoms with Gasteiger partial charge in [0.15, 0.2) is 0 Å². The Kier molecular flexibility index (Phi) is 4.39.